The number of aliphatic hydroxyl groups is 2. The standard InChI is InChI=1S/C23H23NO5/c25-19-20(26)22(24-17-12-6-10-14-7-4-5-11-16(14)17)28-18-13-27-23(29-21(18)19)15-8-2-1-3-9-15/h1-12,18-26H,13H2/t18-,19-,20-,21-,22-,23?/m1/s1. The van der Waals surface area contributed by atoms with Crippen LogP contribution in [0.1, 0.15) is 11.9 Å². The van der Waals surface area contributed by atoms with Crippen LogP contribution in [0.15, 0.2) is 72.8 Å². The molecule has 0 radical (unpaired) electrons. The van der Waals surface area contributed by atoms with Gasteiger partial charge in [0.2, 0.25) is 0 Å². The summed E-state index contributed by atoms with van der Waals surface area (Å²) in [6, 6.07) is 23.4. The zero-order valence-corrected chi connectivity index (χ0v) is 15.7. The molecule has 0 amide bonds. The molecule has 0 spiro atoms. The summed E-state index contributed by atoms with van der Waals surface area (Å²) >= 11 is 0. The molecule has 0 bridgehead atoms. The minimum absolute atomic E-state index is 0.266. The minimum Gasteiger partial charge on any atom is -0.387 e. The maximum absolute atomic E-state index is 10.7. The number of hydrogen-bond donors (Lipinski definition) is 3. The van der Waals surface area contributed by atoms with E-state index in [1.54, 1.807) is 0 Å². The summed E-state index contributed by atoms with van der Waals surface area (Å²) in [5.41, 5.74) is 1.70. The first-order valence-electron chi connectivity index (χ1n) is 9.78. The van der Waals surface area contributed by atoms with E-state index in [0.717, 1.165) is 22.0 Å². The highest BCUT2D eigenvalue weighted by Crippen LogP contribution is 2.35. The summed E-state index contributed by atoms with van der Waals surface area (Å²) in [4.78, 5) is 0. The van der Waals surface area contributed by atoms with Crippen molar-refractivity contribution in [3.05, 3.63) is 78.4 Å². The van der Waals surface area contributed by atoms with E-state index in [4.69, 9.17) is 14.2 Å². The average molecular weight is 393 g/mol. The molecule has 2 fully saturated rings. The summed E-state index contributed by atoms with van der Waals surface area (Å²) in [5.74, 6) is 0. The van der Waals surface area contributed by atoms with E-state index in [0.29, 0.717) is 0 Å². The normalized spacial score (nSPS) is 31.9. The smallest absolute Gasteiger partial charge is 0.184 e. The highest BCUT2D eigenvalue weighted by Gasteiger charge is 2.48. The highest BCUT2D eigenvalue weighted by atomic mass is 16.7. The van der Waals surface area contributed by atoms with Gasteiger partial charge in [0, 0.05) is 16.6 Å². The number of anilines is 1. The number of nitrogens with one attached hydrogen (secondary N) is 1. The number of rotatable bonds is 3. The van der Waals surface area contributed by atoms with Crippen LogP contribution in [-0.2, 0) is 14.2 Å². The lowest BCUT2D eigenvalue weighted by atomic mass is 9.96. The molecule has 6 atom stereocenters. The van der Waals surface area contributed by atoms with Crippen LogP contribution in [0, 0.1) is 0 Å². The van der Waals surface area contributed by atoms with E-state index < -0.39 is 36.9 Å². The van der Waals surface area contributed by atoms with Gasteiger partial charge in [-0.25, -0.2) is 0 Å². The fraction of sp³-hybridized carbons (Fsp3) is 0.304. The summed E-state index contributed by atoms with van der Waals surface area (Å²) in [5, 5.41) is 26.8. The fourth-order valence-electron chi connectivity index (χ4n) is 4.01. The van der Waals surface area contributed by atoms with Crippen LogP contribution in [0.2, 0.25) is 0 Å². The molecule has 0 aliphatic carbocycles. The Hall–Kier alpha value is -2.48. The van der Waals surface area contributed by atoms with Gasteiger partial charge < -0.3 is 29.7 Å². The van der Waals surface area contributed by atoms with Crippen LogP contribution in [0.4, 0.5) is 5.69 Å². The molecule has 5 rings (SSSR count). The van der Waals surface area contributed by atoms with Gasteiger partial charge in [0.05, 0.1) is 6.61 Å². The Bertz CT molecular complexity index is 974. The van der Waals surface area contributed by atoms with Crippen LogP contribution in [0.3, 0.4) is 0 Å². The second-order valence-corrected chi connectivity index (χ2v) is 7.42. The van der Waals surface area contributed by atoms with Crippen molar-refractivity contribution in [2.45, 2.75) is 36.9 Å². The first kappa shape index (κ1) is 18.5. The summed E-state index contributed by atoms with van der Waals surface area (Å²) in [6.45, 7) is 0.266. The third-order valence-electron chi connectivity index (χ3n) is 5.54. The molecule has 2 aliphatic heterocycles. The molecule has 2 saturated heterocycles. The molecule has 2 heterocycles. The van der Waals surface area contributed by atoms with Crippen molar-refractivity contribution in [3.63, 3.8) is 0 Å². The van der Waals surface area contributed by atoms with Crippen molar-refractivity contribution >= 4 is 16.5 Å². The van der Waals surface area contributed by atoms with Crippen LogP contribution >= 0.6 is 0 Å². The van der Waals surface area contributed by atoms with Crippen molar-refractivity contribution in [3.8, 4) is 0 Å². The second kappa shape index (κ2) is 7.74. The molecule has 3 aromatic rings. The van der Waals surface area contributed by atoms with Gasteiger partial charge in [-0.3, -0.25) is 0 Å². The predicted molar refractivity (Wildman–Crippen MR) is 108 cm³/mol. The molecule has 6 nitrogen and oxygen atoms in total. The van der Waals surface area contributed by atoms with Crippen LogP contribution in [-0.4, -0.2) is 47.5 Å². The number of hydrogen-bond acceptors (Lipinski definition) is 6. The molecule has 0 saturated carbocycles. The van der Waals surface area contributed by atoms with Crippen molar-refractivity contribution in [1.82, 2.24) is 0 Å². The van der Waals surface area contributed by atoms with E-state index >= 15 is 0 Å². The monoisotopic (exact) mass is 393 g/mol. The van der Waals surface area contributed by atoms with E-state index in [1.807, 2.05) is 72.8 Å². The molecule has 2 aliphatic rings. The SMILES string of the molecule is O[C@@H]1[C@@H](O)[C@H](Nc2cccc3ccccc23)O[C@@H]2COC(c3ccccc3)O[C@@H]12. The largest absolute Gasteiger partial charge is 0.387 e. The molecule has 6 heteroatoms. The number of ether oxygens (including phenoxy) is 3. The Morgan fingerprint density at radius 1 is 0.793 bits per heavy atom. The molecular formula is C23H23NO5. The Morgan fingerprint density at radius 3 is 2.41 bits per heavy atom. The lowest BCUT2D eigenvalue weighted by Crippen LogP contribution is -2.63. The van der Waals surface area contributed by atoms with Crippen molar-refractivity contribution in [2.24, 2.45) is 0 Å². The third kappa shape index (κ3) is 3.50. The third-order valence-corrected chi connectivity index (χ3v) is 5.54. The number of aliphatic hydroxyl groups excluding tert-OH is 2. The van der Waals surface area contributed by atoms with Crippen LogP contribution < -0.4 is 5.32 Å². The Kier molecular flexibility index (Phi) is 4.95. The topological polar surface area (TPSA) is 80.2 Å². The van der Waals surface area contributed by atoms with E-state index in [2.05, 4.69) is 5.32 Å². The quantitative estimate of drug-likeness (QED) is 0.635. The van der Waals surface area contributed by atoms with Crippen molar-refractivity contribution in [2.75, 3.05) is 11.9 Å². The maximum Gasteiger partial charge on any atom is 0.184 e. The predicted octanol–water partition coefficient (Wildman–Crippen LogP) is 2.81. The second-order valence-electron chi connectivity index (χ2n) is 7.42. The van der Waals surface area contributed by atoms with Gasteiger partial charge in [0.1, 0.15) is 24.4 Å². The maximum atomic E-state index is 10.7. The van der Waals surface area contributed by atoms with E-state index in [-0.39, 0.29) is 6.61 Å². The fourth-order valence-corrected chi connectivity index (χ4v) is 4.01. The summed E-state index contributed by atoms with van der Waals surface area (Å²) in [6.07, 6.45) is -4.78. The minimum atomic E-state index is -1.15. The molecular weight excluding hydrogens is 370 g/mol. The molecule has 1 unspecified atom stereocenters. The Morgan fingerprint density at radius 2 is 1.55 bits per heavy atom. The van der Waals surface area contributed by atoms with Crippen LogP contribution in [0.25, 0.3) is 10.8 Å². The molecule has 0 aromatic heterocycles. The Balaban J connectivity index is 1.34. The highest BCUT2D eigenvalue weighted by molar-refractivity contribution is 5.93. The van der Waals surface area contributed by atoms with Gasteiger partial charge in [0.25, 0.3) is 0 Å². The average Bonchev–Trinajstić information content (AvgIpc) is 2.78. The van der Waals surface area contributed by atoms with E-state index in [9.17, 15) is 10.2 Å². The van der Waals surface area contributed by atoms with Gasteiger partial charge in [0.15, 0.2) is 12.5 Å². The van der Waals surface area contributed by atoms with Crippen molar-refractivity contribution < 1.29 is 24.4 Å². The lowest BCUT2D eigenvalue weighted by Gasteiger charge is -2.46. The lowest BCUT2D eigenvalue weighted by molar-refractivity contribution is -0.325. The van der Waals surface area contributed by atoms with Crippen LogP contribution in [0.5, 0.6) is 0 Å². The number of fused-ring (bicyclic) bond motifs is 2. The van der Waals surface area contributed by atoms with Gasteiger partial charge in [-0.2, -0.15) is 0 Å². The molecule has 150 valence electrons. The molecule has 3 N–H and O–H groups in total. The Labute approximate surface area is 168 Å². The summed E-state index contributed by atoms with van der Waals surface area (Å²) in [7, 11) is 0. The first-order chi connectivity index (χ1) is 14.2. The summed E-state index contributed by atoms with van der Waals surface area (Å²) < 4.78 is 17.8. The number of benzene rings is 3. The van der Waals surface area contributed by atoms with Gasteiger partial charge in [-0.15, -0.1) is 0 Å². The van der Waals surface area contributed by atoms with Gasteiger partial charge >= 0.3 is 0 Å². The van der Waals surface area contributed by atoms with Gasteiger partial charge in [-0.1, -0.05) is 66.7 Å². The van der Waals surface area contributed by atoms with Gasteiger partial charge in [-0.05, 0) is 11.5 Å². The molecule has 29 heavy (non-hydrogen) atoms. The zero-order valence-electron chi connectivity index (χ0n) is 15.7. The van der Waals surface area contributed by atoms with E-state index in [1.165, 1.54) is 0 Å². The molecule has 3 aromatic carbocycles. The zero-order chi connectivity index (χ0) is 19.8. The first-order valence-corrected chi connectivity index (χ1v) is 9.78. The van der Waals surface area contributed by atoms with Crippen molar-refractivity contribution in [1.29, 1.82) is 0 Å².